The van der Waals surface area contributed by atoms with Crippen LogP contribution in [0.3, 0.4) is 0 Å². The van der Waals surface area contributed by atoms with Gasteiger partial charge in [0.1, 0.15) is 5.75 Å². The number of fused-ring (bicyclic) bond motifs is 1. The molecule has 0 radical (unpaired) electrons. The van der Waals surface area contributed by atoms with Gasteiger partial charge in [0.15, 0.2) is 0 Å². The Hall–Kier alpha value is -1.76. The van der Waals surface area contributed by atoms with Crippen molar-refractivity contribution in [3.63, 3.8) is 0 Å². The van der Waals surface area contributed by atoms with E-state index in [-0.39, 0.29) is 0 Å². The molecule has 2 aromatic carbocycles. The van der Waals surface area contributed by atoms with Gasteiger partial charge in [0, 0.05) is 5.39 Å². The van der Waals surface area contributed by atoms with E-state index in [2.05, 4.69) is 52.5 Å². The zero-order valence-electron chi connectivity index (χ0n) is 13.7. The molecule has 2 aromatic rings. The SMILES string of the molecule is C=C(CC)c1c(CC)c(CC)c(O)c2c(CC)cccc12. The van der Waals surface area contributed by atoms with Crippen molar-refractivity contribution in [2.45, 2.75) is 53.4 Å². The molecular weight excluding hydrogens is 256 g/mol. The first-order valence-electron chi connectivity index (χ1n) is 8.06. The van der Waals surface area contributed by atoms with Gasteiger partial charge >= 0.3 is 0 Å². The number of phenolic OH excluding ortho intramolecular Hbond substituents is 1. The number of rotatable bonds is 5. The summed E-state index contributed by atoms with van der Waals surface area (Å²) < 4.78 is 0. The van der Waals surface area contributed by atoms with Crippen LogP contribution < -0.4 is 0 Å². The molecule has 0 aliphatic heterocycles. The molecule has 1 nitrogen and oxygen atoms in total. The highest BCUT2D eigenvalue weighted by molar-refractivity contribution is 6.01. The van der Waals surface area contributed by atoms with Crippen LogP contribution in [0, 0.1) is 0 Å². The number of allylic oxidation sites excluding steroid dienone is 1. The highest BCUT2D eigenvalue weighted by Crippen LogP contribution is 2.41. The average molecular weight is 282 g/mol. The maximum absolute atomic E-state index is 10.8. The molecule has 0 aromatic heterocycles. The lowest BCUT2D eigenvalue weighted by Crippen LogP contribution is -2.02. The number of benzene rings is 2. The van der Waals surface area contributed by atoms with Gasteiger partial charge in [0.05, 0.1) is 0 Å². The van der Waals surface area contributed by atoms with Crippen molar-refractivity contribution in [3.05, 3.63) is 47.0 Å². The van der Waals surface area contributed by atoms with Crippen LogP contribution in [-0.4, -0.2) is 5.11 Å². The van der Waals surface area contributed by atoms with Crippen molar-refractivity contribution in [2.75, 3.05) is 0 Å². The van der Waals surface area contributed by atoms with E-state index in [1.807, 2.05) is 0 Å². The fourth-order valence-electron chi connectivity index (χ4n) is 3.34. The molecule has 0 amide bonds. The first-order valence-corrected chi connectivity index (χ1v) is 8.06. The second-order valence-corrected chi connectivity index (χ2v) is 5.54. The molecule has 0 aliphatic rings. The minimum Gasteiger partial charge on any atom is -0.507 e. The van der Waals surface area contributed by atoms with Crippen LogP contribution in [0.5, 0.6) is 5.75 Å². The van der Waals surface area contributed by atoms with Gasteiger partial charge < -0.3 is 5.11 Å². The van der Waals surface area contributed by atoms with E-state index < -0.39 is 0 Å². The lowest BCUT2D eigenvalue weighted by Gasteiger charge is -2.21. The highest BCUT2D eigenvalue weighted by atomic mass is 16.3. The first kappa shape index (κ1) is 15.6. The van der Waals surface area contributed by atoms with E-state index >= 15 is 0 Å². The summed E-state index contributed by atoms with van der Waals surface area (Å²) >= 11 is 0. The second-order valence-electron chi connectivity index (χ2n) is 5.54. The molecule has 112 valence electrons. The normalized spacial score (nSPS) is 11.0. The monoisotopic (exact) mass is 282 g/mol. The van der Waals surface area contributed by atoms with Crippen molar-refractivity contribution in [1.82, 2.24) is 0 Å². The van der Waals surface area contributed by atoms with Crippen LogP contribution in [0.4, 0.5) is 0 Å². The van der Waals surface area contributed by atoms with E-state index in [1.54, 1.807) is 0 Å². The summed E-state index contributed by atoms with van der Waals surface area (Å²) in [5.74, 6) is 0.481. The molecule has 2 rings (SSSR count). The molecule has 21 heavy (non-hydrogen) atoms. The van der Waals surface area contributed by atoms with Gasteiger partial charge in [-0.25, -0.2) is 0 Å². The van der Waals surface area contributed by atoms with Crippen LogP contribution >= 0.6 is 0 Å². The standard InChI is InChI=1S/C20H26O/c1-6-13(5)18-15(8-3)16(9-4)20(21)19-14(7-2)11-10-12-17(18)19/h10-12,21H,5-9H2,1-4H3. The molecule has 0 saturated carbocycles. The number of hydrogen-bond donors (Lipinski definition) is 1. The summed E-state index contributed by atoms with van der Waals surface area (Å²) in [5, 5.41) is 13.0. The molecule has 1 heteroatoms. The van der Waals surface area contributed by atoms with Crippen LogP contribution in [0.2, 0.25) is 0 Å². The predicted octanol–water partition coefficient (Wildman–Crippen LogP) is 5.66. The summed E-state index contributed by atoms with van der Waals surface area (Å²) in [6.45, 7) is 12.9. The Labute approximate surface area is 128 Å². The molecule has 0 spiro atoms. The van der Waals surface area contributed by atoms with E-state index in [4.69, 9.17) is 0 Å². The average Bonchev–Trinajstić information content (AvgIpc) is 2.52. The van der Waals surface area contributed by atoms with Gasteiger partial charge in [-0.2, -0.15) is 0 Å². The second kappa shape index (κ2) is 6.34. The zero-order valence-corrected chi connectivity index (χ0v) is 13.7. The topological polar surface area (TPSA) is 20.2 Å². The maximum Gasteiger partial charge on any atom is 0.127 e. The predicted molar refractivity (Wildman–Crippen MR) is 93.1 cm³/mol. The Kier molecular flexibility index (Phi) is 4.72. The van der Waals surface area contributed by atoms with Crippen molar-refractivity contribution in [3.8, 4) is 5.75 Å². The Bertz CT molecular complexity index is 680. The van der Waals surface area contributed by atoms with Crippen LogP contribution in [0.1, 0.15) is 56.4 Å². The molecular formula is C20H26O. The summed E-state index contributed by atoms with van der Waals surface area (Å²) in [7, 11) is 0. The molecule has 0 heterocycles. The van der Waals surface area contributed by atoms with Gasteiger partial charge in [0.25, 0.3) is 0 Å². The highest BCUT2D eigenvalue weighted by Gasteiger charge is 2.19. The summed E-state index contributed by atoms with van der Waals surface area (Å²) in [6, 6.07) is 6.34. The molecule has 0 saturated heterocycles. The maximum atomic E-state index is 10.8. The lowest BCUT2D eigenvalue weighted by molar-refractivity contribution is 0.474. The Morgan fingerprint density at radius 3 is 2.19 bits per heavy atom. The van der Waals surface area contributed by atoms with Gasteiger partial charge in [-0.3, -0.25) is 0 Å². The van der Waals surface area contributed by atoms with Crippen LogP contribution in [0.25, 0.3) is 16.3 Å². The Balaban J connectivity index is 3.03. The molecule has 0 unspecified atom stereocenters. The molecule has 0 atom stereocenters. The number of aryl methyl sites for hydroxylation is 1. The smallest absolute Gasteiger partial charge is 0.127 e. The minimum atomic E-state index is 0.481. The Morgan fingerprint density at radius 1 is 1.00 bits per heavy atom. The van der Waals surface area contributed by atoms with Gasteiger partial charge in [-0.15, -0.1) is 0 Å². The molecule has 0 fully saturated rings. The minimum absolute atomic E-state index is 0.481. The molecule has 0 bridgehead atoms. The third kappa shape index (κ3) is 2.46. The number of hydrogen-bond acceptors (Lipinski definition) is 1. The number of phenols is 1. The van der Waals surface area contributed by atoms with Crippen molar-refractivity contribution in [1.29, 1.82) is 0 Å². The zero-order chi connectivity index (χ0) is 15.6. The number of aromatic hydroxyl groups is 1. The largest absolute Gasteiger partial charge is 0.507 e. The first-order chi connectivity index (χ1) is 10.1. The summed E-state index contributed by atoms with van der Waals surface area (Å²) in [6.07, 6.45) is 3.65. The van der Waals surface area contributed by atoms with Gasteiger partial charge in [-0.1, -0.05) is 52.5 Å². The van der Waals surface area contributed by atoms with Crippen molar-refractivity contribution >= 4 is 16.3 Å². The van der Waals surface area contributed by atoms with Crippen molar-refractivity contribution in [2.24, 2.45) is 0 Å². The third-order valence-electron chi connectivity index (χ3n) is 4.48. The summed E-state index contributed by atoms with van der Waals surface area (Å²) in [4.78, 5) is 0. The third-order valence-corrected chi connectivity index (χ3v) is 4.48. The van der Waals surface area contributed by atoms with Crippen LogP contribution in [0.15, 0.2) is 24.8 Å². The quantitative estimate of drug-likeness (QED) is 0.750. The Morgan fingerprint density at radius 2 is 1.67 bits per heavy atom. The van der Waals surface area contributed by atoms with Gasteiger partial charge in [0.2, 0.25) is 0 Å². The van der Waals surface area contributed by atoms with Crippen molar-refractivity contribution < 1.29 is 5.11 Å². The van der Waals surface area contributed by atoms with E-state index in [0.29, 0.717) is 5.75 Å². The van der Waals surface area contributed by atoms with E-state index in [1.165, 1.54) is 22.3 Å². The molecule has 0 aliphatic carbocycles. The van der Waals surface area contributed by atoms with Gasteiger partial charge in [-0.05, 0) is 58.9 Å². The fourth-order valence-corrected chi connectivity index (χ4v) is 3.34. The van der Waals surface area contributed by atoms with E-state index in [0.717, 1.165) is 42.0 Å². The molecule has 1 N–H and O–H groups in total. The summed E-state index contributed by atoms with van der Waals surface area (Å²) in [5.41, 5.74) is 6.00. The fraction of sp³-hybridized carbons (Fsp3) is 0.400. The van der Waals surface area contributed by atoms with E-state index in [9.17, 15) is 5.11 Å². The lowest BCUT2D eigenvalue weighted by atomic mass is 9.84. The van der Waals surface area contributed by atoms with Crippen LogP contribution in [-0.2, 0) is 19.3 Å².